The summed E-state index contributed by atoms with van der Waals surface area (Å²) in [6, 6.07) is -1.75. The smallest absolute Gasteiger partial charge is 0.330 e. The van der Waals surface area contributed by atoms with Gasteiger partial charge in [-0.25, -0.2) is 9.59 Å². The van der Waals surface area contributed by atoms with E-state index in [0.29, 0.717) is 18.6 Å². The Labute approximate surface area is 138 Å². The molecule has 1 rings (SSSR count). The first-order chi connectivity index (χ1) is 10.9. The van der Waals surface area contributed by atoms with E-state index in [9.17, 15) is 19.2 Å². The number of imide groups is 2. The van der Waals surface area contributed by atoms with Crippen LogP contribution in [0.5, 0.6) is 0 Å². The standard InChI is InChI=1S/C14H21N3O5S/c1-3-4-6-17-12(19)9(11(18)16-14(17)22)8-15-10(13(20)21)5-7-23-2/h8-10H,3-7H2,1-2H3,(H,20,21)(H,16,18,22)/t9-,10-/m0/s1. The predicted molar refractivity (Wildman–Crippen MR) is 86.6 cm³/mol. The van der Waals surface area contributed by atoms with Crippen LogP contribution in [0.3, 0.4) is 0 Å². The van der Waals surface area contributed by atoms with Gasteiger partial charge in [0.25, 0.3) is 0 Å². The summed E-state index contributed by atoms with van der Waals surface area (Å²) in [5, 5.41) is 11.2. The maximum atomic E-state index is 12.3. The molecule has 0 aliphatic carbocycles. The first kappa shape index (κ1) is 19.1. The van der Waals surface area contributed by atoms with Crippen LogP contribution in [0.4, 0.5) is 4.79 Å². The van der Waals surface area contributed by atoms with Gasteiger partial charge >= 0.3 is 12.0 Å². The lowest BCUT2D eigenvalue weighted by Gasteiger charge is -2.28. The number of urea groups is 1. The Morgan fingerprint density at radius 3 is 2.74 bits per heavy atom. The molecule has 2 atom stereocenters. The molecule has 0 aromatic carbocycles. The summed E-state index contributed by atoms with van der Waals surface area (Å²) in [5.41, 5.74) is 0. The van der Waals surface area contributed by atoms with Gasteiger partial charge in [-0.15, -0.1) is 0 Å². The minimum atomic E-state index is -1.26. The van der Waals surface area contributed by atoms with Crippen molar-refractivity contribution in [1.29, 1.82) is 0 Å². The number of nitrogens with zero attached hydrogens (tertiary/aromatic N) is 2. The Hall–Kier alpha value is -1.90. The number of rotatable bonds is 9. The van der Waals surface area contributed by atoms with Gasteiger partial charge in [-0.3, -0.25) is 24.8 Å². The van der Waals surface area contributed by atoms with Crippen molar-refractivity contribution in [1.82, 2.24) is 10.2 Å². The number of thioether (sulfide) groups is 1. The highest BCUT2D eigenvalue weighted by Gasteiger charge is 2.39. The highest BCUT2D eigenvalue weighted by Crippen LogP contribution is 2.12. The van der Waals surface area contributed by atoms with E-state index in [1.807, 2.05) is 13.2 Å². The van der Waals surface area contributed by atoms with Crippen LogP contribution in [-0.2, 0) is 14.4 Å². The molecular formula is C14H21N3O5S. The molecule has 0 aromatic heterocycles. The van der Waals surface area contributed by atoms with Crippen LogP contribution in [0.2, 0.25) is 0 Å². The lowest BCUT2D eigenvalue weighted by molar-refractivity contribution is -0.140. The lowest BCUT2D eigenvalue weighted by Crippen LogP contribution is -2.58. The molecule has 9 heteroatoms. The topological polar surface area (TPSA) is 116 Å². The zero-order valence-corrected chi connectivity index (χ0v) is 14.0. The van der Waals surface area contributed by atoms with Crippen molar-refractivity contribution in [2.75, 3.05) is 18.6 Å². The van der Waals surface area contributed by atoms with Gasteiger partial charge in [0.1, 0.15) is 6.04 Å². The molecule has 1 fully saturated rings. The summed E-state index contributed by atoms with van der Waals surface area (Å²) in [4.78, 5) is 51.7. The van der Waals surface area contributed by atoms with Gasteiger partial charge in [0, 0.05) is 12.8 Å². The first-order valence-corrected chi connectivity index (χ1v) is 8.73. The van der Waals surface area contributed by atoms with Gasteiger partial charge in [0.05, 0.1) is 0 Å². The Morgan fingerprint density at radius 2 is 2.17 bits per heavy atom. The molecule has 0 spiro atoms. The molecule has 1 saturated heterocycles. The number of nitrogens with one attached hydrogen (secondary N) is 1. The van der Waals surface area contributed by atoms with Crippen molar-refractivity contribution in [3.63, 3.8) is 0 Å². The fourth-order valence-corrected chi connectivity index (χ4v) is 2.43. The quantitative estimate of drug-likeness (QED) is 0.471. The zero-order valence-electron chi connectivity index (χ0n) is 13.2. The maximum absolute atomic E-state index is 12.3. The number of unbranched alkanes of at least 4 members (excludes halogenated alkanes) is 1. The average Bonchev–Trinajstić information content (AvgIpc) is 2.49. The number of amides is 4. The van der Waals surface area contributed by atoms with Gasteiger partial charge in [-0.05, 0) is 24.9 Å². The molecule has 0 aromatic rings. The Balaban J connectivity index is 2.84. The van der Waals surface area contributed by atoms with E-state index in [1.54, 1.807) is 0 Å². The minimum Gasteiger partial charge on any atom is -0.480 e. The summed E-state index contributed by atoms with van der Waals surface area (Å²) < 4.78 is 0. The van der Waals surface area contributed by atoms with Gasteiger partial charge in [0.15, 0.2) is 5.92 Å². The Morgan fingerprint density at radius 1 is 1.48 bits per heavy atom. The number of carbonyl (C=O) groups is 4. The minimum absolute atomic E-state index is 0.216. The number of carbonyl (C=O) groups excluding carboxylic acids is 3. The van der Waals surface area contributed by atoms with Crippen LogP contribution in [0.15, 0.2) is 4.99 Å². The number of hydrogen-bond acceptors (Lipinski definition) is 6. The molecule has 1 aliphatic heterocycles. The molecule has 1 aliphatic rings. The van der Waals surface area contributed by atoms with Crippen molar-refractivity contribution in [2.24, 2.45) is 10.9 Å². The molecule has 8 nitrogen and oxygen atoms in total. The Kier molecular flexibility index (Phi) is 7.73. The zero-order chi connectivity index (χ0) is 17.4. The number of aliphatic carboxylic acids is 1. The van der Waals surface area contributed by atoms with Crippen molar-refractivity contribution < 1.29 is 24.3 Å². The monoisotopic (exact) mass is 343 g/mol. The molecule has 0 radical (unpaired) electrons. The predicted octanol–water partition coefficient (Wildman–Crippen LogP) is 0.758. The van der Waals surface area contributed by atoms with E-state index in [1.165, 1.54) is 11.8 Å². The highest BCUT2D eigenvalue weighted by molar-refractivity contribution is 7.98. The normalized spacial score (nSPS) is 20.0. The van der Waals surface area contributed by atoms with Gasteiger partial charge in [-0.1, -0.05) is 13.3 Å². The molecule has 2 N–H and O–H groups in total. The van der Waals surface area contributed by atoms with E-state index in [2.05, 4.69) is 10.3 Å². The molecule has 128 valence electrons. The summed E-state index contributed by atoms with van der Waals surface area (Å²) >= 11 is 1.48. The van der Waals surface area contributed by atoms with Crippen LogP contribution in [0, 0.1) is 5.92 Å². The maximum Gasteiger partial charge on any atom is 0.330 e. The van der Waals surface area contributed by atoms with Crippen molar-refractivity contribution in [3.05, 3.63) is 0 Å². The summed E-state index contributed by atoms with van der Waals surface area (Å²) in [7, 11) is 0. The van der Waals surface area contributed by atoms with Crippen LogP contribution in [0.1, 0.15) is 26.2 Å². The van der Waals surface area contributed by atoms with E-state index in [4.69, 9.17) is 5.11 Å². The number of carboxylic acids is 1. The fraction of sp³-hybridized carbons (Fsp3) is 0.643. The summed E-state index contributed by atoms with van der Waals surface area (Å²) in [6.07, 6.45) is 4.61. The molecule has 4 amide bonds. The van der Waals surface area contributed by atoms with E-state index in [0.717, 1.165) is 17.5 Å². The second-order valence-electron chi connectivity index (χ2n) is 5.05. The van der Waals surface area contributed by atoms with Crippen LogP contribution in [-0.4, -0.2) is 64.6 Å². The van der Waals surface area contributed by atoms with Gasteiger partial charge in [0.2, 0.25) is 11.8 Å². The van der Waals surface area contributed by atoms with Gasteiger partial charge < -0.3 is 5.11 Å². The Bertz CT molecular complexity index is 509. The van der Waals surface area contributed by atoms with Crippen molar-refractivity contribution >= 4 is 41.8 Å². The number of carboxylic acid groups (broad SMARTS) is 1. The number of aliphatic imine (C=N–C) groups is 1. The third kappa shape index (κ3) is 5.34. The summed E-state index contributed by atoms with van der Waals surface area (Å²) in [6.45, 7) is 2.13. The second-order valence-corrected chi connectivity index (χ2v) is 6.03. The molecule has 23 heavy (non-hydrogen) atoms. The highest BCUT2D eigenvalue weighted by atomic mass is 32.2. The SMILES string of the molecule is CCCCN1C(=O)NC(=O)[C@H](C=N[C@@H](CCSC)C(=O)O)C1=O. The summed E-state index contributed by atoms with van der Waals surface area (Å²) in [5.74, 6) is -3.21. The molecule has 1 heterocycles. The van der Waals surface area contributed by atoms with Crippen molar-refractivity contribution in [3.8, 4) is 0 Å². The largest absolute Gasteiger partial charge is 0.480 e. The first-order valence-electron chi connectivity index (χ1n) is 7.33. The van der Waals surface area contributed by atoms with E-state index < -0.39 is 35.8 Å². The number of hydrogen-bond donors (Lipinski definition) is 2. The van der Waals surface area contributed by atoms with Crippen molar-refractivity contribution in [2.45, 2.75) is 32.2 Å². The lowest BCUT2D eigenvalue weighted by atomic mass is 10.1. The molecular weight excluding hydrogens is 322 g/mol. The third-order valence-electron chi connectivity index (χ3n) is 3.32. The fourth-order valence-electron chi connectivity index (χ4n) is 1.97. The van der Waals surface area contributed by atoms with E-state index >= 15 is 0 Å². The molecule has 0 bridgehead atoms. The van der Waals surface area contributed by atoms with E-state index in [-0.39, 0.29) is 6.54 Å². The average molecular weight is 343 g/mol. The molecule has 0 saturated carbocycles. The number of barbiturate groups is 1. The second kappa shape index (κ2) is 9.29. The molecule has 0 unspecified atom stereocenters. The third-order valence-corrected chi connectivity index (χ3v) is 3.96. The van der Waals surface area contributed by atoms with Crippen LogP contribution >= 0.6 is 11.8 Å². The van der Waals surface area contributed by atoms with Gasteiger partial charge in [-0.2, -0.15) is 11.8 Å². The van der Waals surface area contributed by atoms with Crippen LogP contribution < -0.4 is 5.32 Å². The van der Waals surface area contributed by atoms with Crippen LogP contribution in [0.25, 0.3) is 0 Å².